The van der Waals surface area contributed by atoms with Crippen molar-refractivity contribution in [3.63, 3.8) is 0 Å². The van der Waals surface area contributed by atoms with E-state index in [1.807, 2.05) is 4.90 Å². The summed E-state index contributed by atoms with van der Waals surface area (Å²) in [6, 6.07) is 5.03. The second-order valence-corrected chi connectivity index (χ2v) is 4.44. The van der Waals surface area contributed by atoms with Gasteiger partial charge in [0, 0.05) is 18.7 Å². The molecule has 0 bridgehead atoms. The lowest BCUT2D eigenvalue weighted by atomic mass is 10.1. The Hall–Kier alpha value is -1.22. The monoisotopic (exact) mass is 254 g/mol. The Morgan fingerprint density at radius 2 is 1.88 bits per heavy atom. The van der Waals surface area contributed by atoms with Crippen LogP contribution < -0.4 is 5.73 Å². The van der Waals surface area contributed by atoms with E-state index in [2.05, 4.69) is 13.8 Å². The fourth-order valence-corrected chi connectivity index (χ4v) is 1.88. The van der Waals surface area contributed by atoms with Gasteiger partial charge in [0.2, 0.25) is 0 Å². The molecular formula is C13H19ClN2O. The highest BCUT2D eigenvalue weighted by Crippen LogP contribution is 2.20. The number of nitrogens with two attached hydrogens (primary N) is 1. The molecule has 2 N–H and O–H groups in total. The van der Waals surface area contributed by atoms with Crippen LogP contribution in [0.25, 0.3) is 0 Å². The van der Waals surface area contributed by atoms with Crippen molar-refractivity contribution < 1.29 is 4.79 Å². The predicted molar refractivity (Wildman–Crippen MR) is 72.3 cm³/mol. The number of nitrogens with zero attached hydrogens (tertiary/aromatic N) is 1. The maximum Gasteiger partial charge on any atom is 0.253 e. The molecule has 3 nitrogen and oxygen atoms in total. The first kappa shape index (κ1) is 13.8. The zero-order valence-corrected chi connectivity index (χ0v) is 11.1. The summed E-state index contributed by atoms with van der Waals surface area (Å²) in [5, 5.41) is 0.434. The highest BCUT2D eigenvalue weighted by Gasteiger charge is 2.14. The van der Waals surface area contributed by atoms with Crippen molar-refractivity contribution >= 4 is 23.2 Å². The lowest BCUT2D eigenvalue weighted by molar-refractivity contribution is 0.0755. The molecule has 4 heteroatoms. The first-order valence-electron chi connectivity index (χ1n) is 5.94. The van der Waals surface area contributed by atoms with Gasteiger partial charge in [-0.25, -0.2) is 0 Å². The van der Waals surface area contributed by atoms with Crippen LogP contribution in [-0.2, 0) is 0 Å². The second-order valence-electron chi connectivity index (χ2n) is 4.03. The maximum absolute atomic E-state index is 12.2. The topological polar surface area (TPSA) is 46.3 Å². The first-order valence-corrected chi connectivity index (χ1v) is 6.32. The van der Waals surface area contributed by atoms with Gasteiger partial charge in [-0.3, -0.25) is 4.79 Å². The molecule has 0 spiro atoms. The van der Waals surface area contributed by atoms with E-state index in [4.69, 9.17) is 17.3 Å². The number of rotatable bonds is 5. The van der Waals surface area contributed by atoms with Crippen molar-refractivity contribution in [1.29, 1.82) is 0 Å². The number of hydrogen-bond acceptors (Lipinski definition) is 2. The van der Waals surface area contributed by atoms with Gasteiger partial charge in [0.15, 0.2) is 0 Å². The minimum atomic E-state index is 0.0237. The van der Waals surface area contributed by atoms with E-state index in [9.17, 15) is 4.79 Å². The molecule has 17 heavy (non-hydrogen) atoms. The third-order valence-corrected chi connectivity index (χ3v) is 2.85. The molecule has 1 rings (SSSR count). The SMILES string of the molecule is CCCN(CCC)C(=O)c1ccc(N)c(Cl)c1. The Morgan fingerprint density at radius 1 is 1.29 bits per heavy atom. The summed E-state index contributed by atoms with van der Waals surface area (Å²) in [6.45, 7) is 5.67. The average Bonchev–Trinajstić information content (AvgIpc) is 2.31. The van der Waals surface area contributed by atoms with Gasteiger partial charge >= 0.3 is 0 Å². The quantitative estimate of drug-likeness (QED) is 0.821. The van der Waals surface area contributed by atoms with Gasteiger partial charge in [0.1, 0.15) is 0 Å². The van der Waals surface area contributed by atoms with E-state index in [0.29, 0.717) is 16.3 Å². The molecule has 0 saturated heterocycles. The summed E-state index contributed by atoms with van der Waals surface area (Å²) in [7, 11) is 0. The Labute approximate surface area is 108 Å². The minimum absolute atomic E-state index is 0.0237. The summed E-state index contributed by atoms with van der Waals surface area (Å²) < 4.78 is 0. The van der Waals surface area contributed by atoms with Crippen molar-refractivity contribution in [2.24, 2.45) is 0 Å². The van der Waals surface area contributed by atoms with Gasteiger partial charge in [0.05, 0.1) is 10.7 Å². The Balaban J connectivity index is 2.88. The lowest BCUT2D eigenvalue weighted by Crippen LogP contribution is -2.32. The van der Waals surface area contributed by atoms with Gasteiger partial charge in [-0.15, -0.1) is 0 Å². The number of hydrogen-bond donors (Lipinski definition) is 1. The largest absolute Gasteiger partial charge is 0.398 e. The normalized spacial score (nSPS) is 10.3. The van der Waals surface area contributed by atoms with Crippen LogP contribution in [0.5, 0.6) is 0 Å². The molecule has 0 aliphatic carbocycles. The standard InChI is InChI=1S/C13H19ClN2O/c1-3-7-16(8-4-2)13(17)10-5-6-12(15)11(14)9-10/h5-6,9H,3-4,7-8,15H2,1-2H3. The molecule has 0 unspecified atom stereocenters. The van der Waals surface area contributed by atoms with Gasteiger partial charge in [0.25, 0.3) is 5.91 Å². The maximum atomic E-state index is 12.2. The molecule has 0 radical (unpaired) electrons. The lowest BCUT2D eigenvalue weighted by Gasteiger charge is -2.21. The van der Waals surface area contributed by atoms with E-state index in [1.165, 1.54) is 0 Å². The summed E-state index contributed by atoms with van der Waals surface area (Å²) >= 11 is 5.92. The minimum Gasteiger partial charge on any atom is -0.398 e. The van der Waals surface area contributed by atoms with Crippen LogP contribution in [0.3, 0.4) is 0 Å². The molecule has 1 amide bonds. The van der Waals surface area contributed by atoms with Crippen LogP contribution in [-0.4, -0.2) is 23.9 Å². The number of amides is 1. The molecule has 1 aromatic carbocycles. The molecule has 0 atom stereocenters. The molecule has 0 aromatic heterocycles. The van der Waals surface area contributed by atoms with Crippen LogP contribution in [0, 0.1) is 0 Å². The Kier molecular flexibility index (Phi) is 5.29. The van der Waals surface area contributed by atoms with Crippen LogP contribution >= 0.6 is 11.6 Å². The van der Waals surface area contributed by atoms with Crippen LogP contribution in [0.15, 0.2) is 18.2 Å². The number of carbonyl (C=O) groups is 1. The third-order valence-electron chi connectivity index (χ3n) is 2.52. The van der Waals surface area contributed by atoms with Crippen molar-refractivity contribution in [3.05, 3.63) is 28.8 Å². The molecule has 94 valence electrons. The highest BCUT2D eigenvalue weighted by atomic mass is 35.5. The number of anilines is 1. The third kappa shape index (κ3) is 3.63. The molecule has 1 aromatic rings. The molecule has 0 saturated carbocycles. The fraction of sp³-hybridized carbons (Fsp3) is 0.462. The number of halogens is 1. The zero-order chi connectivity index (χ0) is 12.8. The van der Waals surface area contributed by atoms with Crippen molar-refractivity contribution in [2.75, 3.05) is 18.8 Å². The van der Waals surface area contributed by atoms with Crippen molar-refractivity contribution in [2.45, 2.75) is 26.7 Å². The van der Waals surface area contributed by atoms with Gasteiger partial charge in [-0.1, -0.05) is 25.4 Å². The van der Waals surface area contributed by atoms with Gasteiger partial charge < -0.3 is 10.6 Å². The predicted octanol–water partition coefficient (Wildman–Crippen LogP) is 3.18. The molecule has 0 aliphatic rings. The average molecular weight is 255 g/mol. The van der Waals surface area contributed by atoms with E-state index in [-0.39, 0.29) is 5.91 Å². The summed E-state index contributed by atoms with van der Waals surface area (Å²) in [5.41, 5.74) is 6.73. The molecule has 0 aliphatic heterocycles. The van der Waals surface area contributed by atoms with Crippen LogP contribution in [0.1, 0.15) is 37.0 Å². The molecule has 0 fully saturated rings. The van der Waals surface area contributed by atoms with E-state index >= 15 is 0 Å². The van der Waals surface area contributed by atoms with Crippen molar-refractivity contribution in [3.8, 4) is 0 Å². The number of carbonyl (C=O) groups excluding carboxylic acids is 1. The summed E-state index contributed by atoms with van der Waals surface area (Å²) in [6.07, 6.45) is 1.91. The molecule has 0 heterocycles. The van der Waals surface area contributed by atoms with Gasteiger partial charge in [-0.2, -0.15) is 0 Å². The van der Waals surface area contributed by atoms with E-state index in [0.717, 1.165) is 25.9 Å². The fourth-order valence-electron chi connectivity index (χ4n) is 1.70. The van der Waals surface area contributed by atoms with Crippen LogP contribution in [0.4, 0.5) is 5.69 Å². The van der Waals surface area contributed by atoms with E-state index < -0.39 is 0 Å². The summed E-state index contributed by atoms with van der Waals surface area (Å²) in [4.78, 5) is 14.1. The van der Waals surface area contributed by atoms with E-state index in [1.54, 1.807) is 18.2 Å². The first-order chi connectivity index (χ1) is 8.10. The van der Waals surface area contributed by atoms with Crippen LogP contribution in [0.2, 0.25) is 5.02 Å². The number of benzene rings is 1. The highest BCUT2D eigenvalue weighted by molar-refractivity contribution is 6.33. The zero-order valence-electron chi connectivity index (χ0n) is 10.4. The Morgan fingerprint density at radius 3 is 2.35 bits per heavy atom. The van der Waals surface area contributed by atoms with Crippen molar-refractivity contribution in [1.82, 2.24) is 4.90 Å². The van der Waals surface area contributed by atoms with Gasteiger partial charge in [-0.05, 0) is 31.0 Å². The Bertz CT molecular complexity index is 387. The smallest absolute Gasteiger partial charge is 0.253 e. The second kappa shape index (κ2) is 6.50. The number of nitrogen functional groups attached to an aromatic ring is 1. The molecular weight excluding hydrogens is 236 g/mol. The summed E-state index contributed by atoms with van der Waals surface area (Å²) in [5.74, 6) is 0.0237.